The lowest BCUT2D eigenvalue weighted by Gasteiger charge is -2.30. The number of nitrogens with zero attached hydrogens (tertiary/aromatic N) is 1. The van der Waals surface area contributed by atoms with Gasteiger partial charge in [0.2, 0.25) is 11.8 Å². The molecule has 1 unspecified atom stereocenters. The summed E-state index contributed by atoms with van der Waals surface area (Å²) in [4.78, 5) is 24.8. The van der Waals surface area contributed by atoms with Gasteiger partial charge in [-0.2, -0.15) is 13.2 Å². The highest BCUT2D eigenvalue weighted by molar-refractivity contribution is 5.92. The number of nitrogens with two attached hydrogens (primary N) is 1. The normalized spacial score (nSPS) is 19.1. The van der Waals surface area contributed by atoms with Crippen LogP contribution in [-0.2, 0) is 15.8 Å². The zero-order valence-corrected chi connectivity index (χ0v) is 12.3. The van der Waals surface area contributed by atoms with E-state index in [-0.39, 0.29) is 18.4 Å². The van der Waals surface area contributed by atoms with E-state index in [0.29, 0.717) is 24.9 Å². The Morgan fingerprint density at radius 1 is 1.22 bits per heavy atom. The maximum Gasteiger partial charge on any atom is 0.416 e. The van der Waals surface area contributed by atoms with E-state index >= 15 is 0 Å². The van der Waals surface area contributed by atoms with Gasteiger partial charge in [0.25, 0.3) is 0 Å². The molecule has 0 spiro atoms. The number of hydrogen-bond acceptors (Lipinski definition) is 2. The molecule has 1 fully saturated rings. The molecule has 7 heteroatoms. The number of carbonyl (C=O) groups is 2. The molecule has 1 atom stereocenters. The molecule has 0 saturated carbocycles. The van der Waals surface area contributed by atoms with Crippen LogP contribution in [0.5, 0.6) is 0 Å². The van der Waals surface area contributed by atoms with E-state index in [2.05, 4.69) is 0 Å². The molecule has 2 N–H and O–H groups in total. The molecule has 0 aliphatic carbocycles. The lowest BCUT2D eigenvalue weighted by Crippen LogP contribution is -2.43. The van der Waals surface area contributed by atoms with Gasteiger partial charge in [0, 0.05) is 19.2 Å². The Bertz CT molecular complexity index is 609. The number of rotatable bonds is 3. The molecule has 4 nitrogen and oxygen atoms in total. The third kappa shape index (κ3) is 4.58. The number of likely N-dealkylation sites (tertiary alicyclic amines) is 1. The number of piperidine rings is 1. The molecular weight excluding hydrogens is 309 g/mol. The molecule has 1 aliphatic heterocycles. The topological polar surface area (TPSA) is 63.4 Å². The predicted octanol–water partition coefficient (Wildman–Crippen LogP) is 2.44. The van der Waals surface area contributed by atoms with E-state index in [4.69, 9.17) is 5.73 Å². The first-order chi connectivity index (χ1) is 10.8. The zero-order valence-electron chi connectivity index (χ0n) is 12.3. The van der Waals surface area contributed by atoms with Gasteiger partial charge in [-0.05, 0) is 36.6 Å². The fourth-order valence-electron chi connectivity index (χ4n) is 2.47. The summed E-state index contributed by atoms with van der Waals surface area (Å²) in [5.41, 5.74) is 5.02. The lowest BCUT2D eigenvalue weighted by molar-refractivity contribution is -0.137. The SMILES string of the molecule is NC(=O)C1CCCN(C(=O)/C=C/c2ccc(C(F)(F)F)cc2)C1. The van der Waals surface area contributed by atoms with Gasteiger partial charge in [0.05, 0.1) is 11.5 Å². The summed E-state index contributed by atoms with van der Waals surface area (Å²) in [6, 6.07) is 4.53. The fraction of sp³-hybridized carbons (Fsp3) is 0.375. The van der Waals surface area contributed by atoms with Crippen molar-refractivity contribution in [2.75, 3.05) is 13.1 Å². The van der Waals surface area contributed by atoms with Crippen LogP contribution in [0.4, 0.5) is 13.2 Å². The number of halogens is 3. The minimum Gasteiger partial charge on any atom is -0.369 e. The van der Waals surface area contributed by atoms with E-state index < -0.39 is 17.6 Å². The molecular formula is C16H17F3N2O2. The first kappa shape index (κ1) is 17.1. The second-order valence-corrected chi connectivity index (χ2v) is 5.48. The van der Waals surface area contributed by atoms with E-state index in [1.165, 1.54) is 29.2 Å². The van der Waals surface area contributed by atoms with Crippen LogP contribution < -0.4 is 5.73 Å². The van der Waals surface area contributed by atoms with Crippen LogP contribution in [0.15, 0.2) is 30.3 Å². The molecule has 23 heavy (non-hydrogen) atoms. The number of alkyl halides is 3. The molecule has 1 aromatic rings. The molecule has 1 aromatic carbocycles. The van der Waals surface area contributed by atoms with Crippen molar-refractivity contribution in [3.8, 4) is 0 Å². The van der Waals surface area contributed by atoms with Crippen LogP contribution in [0, 0.1) is 5.92 Å². The van der Waals surface area contributed by atoms with Gasteiger partial charge in [-0.25, -0.2) is 0 Å². The Morgan fingerprint density at radius 3 is 2.43 bits per heavy atom. The number of hydrogen-bond donors (Lipinski definition) is 1. The van der Waals surface area contributed by atoms with Crippen molar-refractivity contribution in [3.05, 3.63) is 41.5 Å². The highest BCUT2D eigenvalue weighted by atomic mass is 19.4. The Hall–Kier alpha value is -2.31. The number of primary amides is 1. The van der Waals surface area contributed by atoms with Gasteiger partial charge in [0.15, 0.2) is 0 Å². The molecule has 0 aromatic heterocycles. The van der Waals surface area contributed by atoms with Crippen LogP contribution in [0.1, 0.15) is 24.0 Å². The van der Waals surface area contributed by atoms with Gasteiger partial charge >= 0.3 is 6.18 Å². The van der Waals surface area contributed by atoms with Crippen LogP contribution in [0.25, 0.3) is 6.08 Å². The van der Waals surface area contributed by atoms with Crippen molar-refractivity contribution in [1.29, 1.82) is 0 Å². The molecule has 1 saturated heterocycles. The maximum atomic E-state index is 12.5. The molecule has 1 heterocycles. The Labute approximate surface area is 131 Å². The van der Waals surface area contributed by atoms with E-state index in [9.17, 15) is 22.8 Å². The van der Waals surface area contributed by atoms with Crippen molar-refractivity contribution < 1.29 is 22.8 Å². The van der Waals surface area contributed by atoms with E-state index in [0.717, 1.165) is 12.1 Å². The minimum atomic E-state index is -4.38. The second kappa shape index (κ2) is 6.85. The van der Waals surface area contributed by atoms with Crippen molar-refractivity contribution in [1.82, 2.24) is 4.90 Å². The summed E-state index contributed by atoms with van der Waals surface area (Å²) >= 11 is 0. The summed E-state index contributed by atoms with van der Waals surface area (Å²) in [7, 11) is 0. The lowest BCUT2D eigenvalue weighted by atomic mass is 9.97. The summed E-state index contributed by atoms with van der Waals surface area (Å²) in [5.74, 6) is -1.04. The molecule has 0 bridgehead atoms. The Balaban J connectivity index is 1.99. The van der Waals surface area contributed by atoms with Gasteiger partial charge in [-0.15, -0.1) is 0 Å². The minimum absolute atomic E-state index is 0.282. The van der Waals surface area contributed by atoms with Crippen LogP contribution in [0.2, 0.25) is 0 Å². The summed E-state index contributed by atoms with van der Waals surface area (Å²) in [5, 5.41) is 0. The first-order valence-electron chi connectivity index (χ1n) is 7.21. The molecule has 2 rings (SSSR count). The Morgan fingerprint density at radius 2 is 1.87 bits per heavy atom. The van der Waals surface area contributed by atoms with Crippen molar-refractivity contribution >= 4 is 17.9 Å². The average Bonchev–Trinajstić information content (AvgIpc) is 2.52. The van der Waals surface area contributed by atoms with Gasteiger partial charge in [0.1, 0.15) is 0 Å². The second-order valence-electron chi connectivity index (χ2n) is 5.48. The summed E-state index contributed by atoms with van der Waals surface area (Å²) in [6.45, 7) is 0.825. The van der Waals surface area contributed by atoms with Crippen molar-refractivity contribution in [3.63, 3.8) is 0 Å². The zero-order chi connectivity index (χ0) is 17.0. The van der Waals surface area contributed by atoms with Gasteiger partial charge in [-0.3, -0.25) is 9.59 Å². The molecule has 0 radical (unpaired) electrons. The van der Waals surface area contributed by atoms with E-state index in [1.54, 1.807) is 0 Å². The first-order valence-corrected chi connectivity index (χ1v) is 7.21. The molecule has 2 amide bonds. The van der Waals surface area contributed by atoms with Crippen LogP contribution in [0.3, 0.4) is 0 Å². The number of amides is 2. The third-order valence-corrected chi connectivity index (χ3v) is 3.79. The van der Waals surface area contributed by atoms with Gasteiger partial charge < -0.3 is 10.6 Å². The highest BCUT2D eigenvalue weighted by Crippen LogP contribution is 2.29. The molecule has 124 valence electrons. The summed E-state index contributed by atoms with van der Waals surface area (Å²) in [6.07, 6.45) is -0.257. The van der Waals surface area contributed by atoms with E-state index in [1.807, 2.05) is 0 Å². The third-order valence-electron chi connectivity index (χ3n) is 3.79. The van der Waals surface area contributed by atoms with Crippen LogP contribution in [-0.4, -0.2) is 29.8 Å². The van der Waals surface area contributed by atoms with Crippen molar-refractivity contribution in [2.24, 2.45) is 11.7 Å². The summed E-state index contributed by atoms with van der Waals surface area (Å²) < 4.78 is 37.4. The maximum absolute atomic E-state index is 12.5. The monoisotopic (exact) mass is 326 g/mol. The fourth-order valence-corrected chi connectivity index (χ4v) is 2.47. The standard InChI is InChI=1S/C16H17F3N2O2/c17-16(18,19)13-6-3-11(4-7-13)5-8-14(22)21-9-1-2-12(10-21)15(20)23/h3-8,12H,1-2,9-10H2,(H2,20,23)/b8-5+. The average molecular weight is 326 g/mol. The van der Waals surface area contributed by atoms with Gasteiger partial charge in [-0.1, -0.05) is 12.1 Å². The van der Waals surface area contributed by atoms with Crippen LogP contribution >= 0.6 is 0 Å². The predicted molar refractivity (Wildman–Crippen MR) is 79.0 cm³/mol. The quantitative estimate of drug-likeness (QED) is 0.867. The largest absolute Gasteiger partial charge is 0.416 e. The molecule has 1 aliphatic rings. The Kier molecular flexibility index (Phi) is 5.08. The number of benzene rings is 1. The smallest absolute Gasteiger partial charge is 0.369 e. The highest BCUT2D eigenvalue weighted by Gasteiger charge is 2.30. The number of carbonyl (C=O) groups excluding carboxylic acids is 2. The van der Waals surface area contributed by atoms with Crippen molar-refractivity contribution in [2.45, 2.75) is 19.0 Å².